The van der Waals surface area contributed by atoms with Gasteiger partial charge in [-0.15, -0.1) is 0 Å². The number of anilines is 1. The molecule has 37 heavy (non-hydrogen) atoms. The molecule has 5 aromatic rings. The summed E-state index contributed by atoms with van der Waals surface area (Å²) in [7, 11) is 3.09. The van der Waals surface area contributed by atoms with Crippen LogP contribution in [0.4, 0.5) is 5.82 Å². The van der Waals surface area contributed by atoms with E-state index in [1.165, 1.54) is 13.4 Å². The van der Waals surface area contributed by atoms with Crippen molar-refractivity contribution in [2.45, 2.75) is 18.1 Å². The van der Waals surface area contributed by atoms with Crippen molar-refractivity contribution >= 4 is 17.0 Å². The largest absolute Gasteiger partial charge is 0.389 e. The third-order valence-corrected chi connectivity index (χ3v) is 6.44. The van der Waals surface area contributed by atoms with Crippen LogP contribution in [0, 0.1) is 0 Å². The van der Waals surface area contributed by atoms with Gasteiger partial charge in [0.2, 0.25) is 0 Å². The first-order valence-corrected chi connectivity index (χ1v) is 12.0. The summed E-state index contributed by atoms with van der Waals surface area (Å²) in [5, 5.41) is 10.9. The van der Waals surface area contributed by atoms with Gasteiger partial charge in [-0.25, -0.2) is 20.4 Å². The van der Waals surface area contributed by atoms with Gasteiger partial charge in [0.25, 0.3) is 0 Å². The molecule has 2 aromatic heterocycles. The summed E-state index contributed by atoms with van der Waals surface area (Å²) < 4.78 is 7.22. The van der Waals surface area contributed by atoms with Crippen molar-refractivity contribution in [1.29, 1.82) is 0 Å². The zero-order valence-corrected chi connectivity index (χ0v) is 20.8. The number of fused-ring (bicyclic) bond motifs is 1. The van der Waals surface area contributed by atoms with Crippen molar-refractivity contribution in [2.24, 2.45) is 0 Å². The Hall–Kier alpha value is -4.11. The number of benzene rings is 3. The molecule has 0 aliphatic carbocycles. The molecule has 2 N–H and O–H groups in total. The van der Waals surface area contributed by atoms with Crippen molar-refractivity contribution < 1.29 is 14.7 Å². The van der Waals surface area contributed by atoms with Crippen molar-refractivity contribution in [2.75, 3.05) is 26.3 Å². The van der Waals surface area contributed by atoms with Gasteiger partial charge in [-0.05, 0) is 16.7 Å². The van der Waals surface area contributed by atoms with Gasteiger partial charge in [-0.3, -0.25) is 4.84 Å². The van der Waals surface area contributed by atoms with Crippen molar-refractivity contribution in [3.63, 3.8) is 0 Å². The second-order valence-electron chi connectivity index (χ2n) is 8.70. The number of hydrogen-bond donors (Lipinski definition) is 2. The fourth-order valence-corrected chi connectivity index (χ4v) is 4.97. The first kappa shape index (κ1) is 24.6. The van der Waals surface area contributed by atoms with Crippen LogP contribution < -0.4 is 5.48 Å². The van der Waals surface area contributed by atoms with E-state index in [1.807, 2.05) is 59.2 Å². The van der Waals surface area contributed by atoms with Crippen molar-refractivity contribution in [1.82, 2.24) is 19.5 Å². The predicted octanol–water partition coefficient (Wildman–Crippen LogP) is 4.19. The standard InChI is InChI=1S/C29H29N5O3/c1-36-19-24(35)18-34-27-25(26(33-37-2)30-20-31-27)32-28(34)29(21-12-6-3-7-13-21,22-14-8-4-9-15-22)23-16-10-5-11-17-23/h3-17,20,24,35H,18-19H2,1-2H3,(H,30,31,33). The van der Waals surface area contributed by atoms with Crippen LogP contribution in [-0.4, -0.2) is 51.6 Å². The first-order chi connectivity index (χ1) is 18.2. The highest BCUT2D eigenvalue weighted by atomic mass is 16.6. The van der Waals surface area contributed by atoms with Crippen LogP contribution in [0.3, 0.4) is 0 Å². The molecule has 3 aromatic carbocycles. The third-order valence-electron chi connectivity index (χ3n) is 6.44. The lowest BCUT2D eigenvalue weighted by Crippen LogP contribution is -2.36. The summed E-state index contributed by atoms with van der Waals surface area (Å²) in [5.74, 6) is 1.14. The zero-order valence-electron chi connectivity index (χ0n) is 20.8. The molecule has 0 bridgehead atoms. The summed E-state index contributed by atoms with van der Waals surface area (Å²) in [6.45, 7) is 0.389. The fraction of sp³-hybridized carbons (Fsp3) is 0.207. The number of hydrogen-bond acceptors (Lipinski definition) is 7. The molecule has 0 spiro atoms. The highest BCUT2D eigenvalue weighted by Crippen LogP contribution is 2.45. The Morgan fingerprint density at radius 1 is 0.838 bits per heavy atom. The Bertz CT molecular complexity index is 1350. The van der Waals surface area contributed by atoms with Gasteiger partial charge in [0.1, 0.15) is 17.6 Å². The number of ether oxygens (including phenoxy) is 1. The Kier molecular flexibility index (Phi) is 7.23. The first-order valence-electron chi connectivity index (χ1n) is 12.0. The molecular weight excluding hydrogens is 466 g/mol. The number of aromatic nitrogens is 4. The quantitative estimate of drug-likeness (QED) is 0.222. The van der Waals surface area contributed by atoms with Gasteiger partial charge in [0.15, 0.2) is 17.0 Å². The van der Waals surface area contributed by atoms with Gasteiger partial charge in [-0.1, -0.05) is 91.0 Å². The molecular formula is C29H29N5O3. The van der Waals surface area contributed by atoms with Crippen LogP contribution in [-0.2, 0) is 21.5 Å². The molecule has 1 unspecified atom stereocenters. The van der Waals surface area contributed by atoms with E-state index in [4.69, 9.17) is 14.6 Å². The lowest BCUT2D eigenvalue weighted by Gasteiger charge is -2.36. The Balaban J connectivity index is 1.93. The molecule has 8 heteroatoms. The molecule has 0 saturated heterocycles. The van der Waals surface area contributed by atoms with Crippen LogP contribution in [0.25, 0.3) is 11.2 Å². The third kappa shape index (κ3) is 4.46. The number of nitrogens with zero attached hydrogens (tertiary/aromatic N) is 4. The molecule has 0 fully saturated rings. The minimum Gasteiger partial charge on any atom is -0.389 e. The maximum Gasteiger partial charge on any atom is 0.181 e. The SMILES string of the molecule is COCC(O)Cn1c(C(c2ccccc2)(c2ccccc2)c2ccccc2)nc2c(NOC)ncnc21. The molecule has 1 atom stereocenters. The molecule has 5 rings (SSSR count). The van der Waals surface area contributed by atoms with E-state index in [2.05, 4.69) is 51.8 Å². The van der Waals surface area contributed by atoms with Gasteiger partial charge in [0, 0.05) is 7.11 Å². The average molecular weight is 496 g/mol. The molecule has 8 nitrogen and oxygen atoms in total. The van der Waals surface area contributed by atoms with E-state index in [0.717, 1.165) is 16.7 Å². The topological polar surface area (TPSA) is 94.3 Å². The van der Waals surface area contributed by atoms with Gasteiger partial charge in [0.05, 0.1) is 26.4 Å². The summed E-state index contributed by atoms with van der Waals surface area (Å²) in [6.07, 6.45) is 0.679. The molecule has 188 valence electrons. The van der Waals surface area contributed by atoms with Crippen molar-refractivity contribution in [3.8, 4) is 0 Å². The molecule has 0 aliphatic rings. The van der Waals surface area contributed by atoms with Crippen LogP contribution in [0.15, 0.2) is 97.3 Å². The fourth-order valence-electron chi connectivity index (χ4n) is 4.97. The second kappa shape index (κ2) is 10.9. The van der Waals surface area contributed by atoms with E-state index < -0.39 is 11.5 Å². The highest BCUT2D eigenvalue weighted by molar-refractivity contribution is 5.83. The Morgan fingerprint density at radius 3 is 1.86 bits per heavy atom. The van der Waals surface area contributed by atoms with Gasteiger partial charge in [-0.2, -0.15) is 0 Å². The minimum absolute atomic E-state index is 0.169. The summed E-state index contributed by atoms with van der Waals surface area (Å²) >= 11 is 0. The maximum atomic E-state index is 10.9. The predicted molar refractivity (Wildman–Crippen MR) is 142 cm³/mol. The zero-order chi connectivity index (χ0) is 25.7. The normalized spacial score (nSPS) is 12.5. The van der Waals surface area contributed by atoms with E-state index in [9.17, 15) is 5.11 Å². The molecule has 0 amide bonds. The van der Waals surface area contributed by atoms with Crippen LogP contribution in [0.1, 0.15) is 22.5 Å². The second-order valence-corrected chi connectivity index (χ2v) is 8.70. The molecule has 2 heterocycles. The molecule has 0 aliphatic heterocycles. The smallest absolute Gasteiger partial charge is 0.181 e. The molecule has 0 radical (unpaired) electrons. The summed E-state index contributed by atoms with van der Waals surface area (Å²) in [5.41, 5.74) is 6.19. The number of nitrogens with one attached hydrogen (secondary N) is 1. The van der Waals surface area contributed by atoms with E-state index >= 15 is 0 Å². The number of aliphatic hydroxyl groups excluding tert-OH is 1. The number of imidazole rings is 1. The van der Waals surface area contributed by atoms with Gasteiger partial charge >= 0.3 is 0 Å². The van der Waals surface area contributed by atoms with E-state index in [-0.39, 0.29) is 13.2 Å². The highest BCUT2D eigenvalue weighted by Gasteiger charge is 2.43. The number of aliphatic hydroxyl groups is 1. The monoisotopic (exact) mass is 495 g/mol. The average Bonchev–Trinajstić information content (AvgIpc) is 3.30. The van der Waals surface area contributed by atoms with Crippen LogP contribution in [0.2, 0.25) is 0 Å². The van der Waals surface area contributed by atoms with Gasteiger partial charge < -0.3 is 14.4 Å². The van der Waals surface area contributed by atoms with Crippen molar-refractivity contribution in [3.05, 3.63) is 120 Å². The Morgan fingerprint density at radius 2 is 1.38 bits per heavy atom. The van der Waals surface area contributed by atoms with E-state index in [1.54, 1.807) is 7.11 Å². The van der Waals surface area contributed by atoms with Crippen LogP contribution in [0.5, 0.6) is 0 Å². The maximum absolute atomic E-state index is 10.9. The number of rotatable bonds is 10. The number of methoxy groups -OCH3 is 1. The van der Waals surface area contributed by atoms with Crippen LogP contribution >= 0.6 is 0 Å². The minimum atomic E-state index is -0.832. The lowest BCUT2D eigenvalue weighted by molar-refractivity contribution is 0.0535. The van der Waals surface area contributed by atoms with E-state index in [0.29, 0.717) is 22.8 Å². The Labute approximate surface area is 215 Å². The summed E-state index contributed by atoms with van der Waals surface area (Å²) in [4.78, 5) is 19.3. The lowest BCUT2D eigenvalue weighted by atomic mass is 9.68. The summed E-state index contributed by atoms with van der Waals surface area (Å²) in [6, 6.07) is 30.8. The molecule has 0 saturated carbocycles.